The van der Waals surface area contributed by atoms with E-state index in [-0.39, 0.29) is 0 Å². The molecular formula is C9H10F2N4S. The Morgan fingerprint density at radius 2 is 2.31 bits per heavy atom. The molecule has 0 aliphatic heterocycles. The van der Waals surface area contributed by atoms with Crippen LogP contribution >= 0.6 is 11.3 Å². The third-order valence-electron chi connectivity index (χ3n) is 2.02. The van der Waals surface area contributed by atoms with Gasteiger partial charge < -0.3 is 5.32 Å². The van der Waals surface area contributed by atoms with Crippen LogP contribution in [0.5, 0.6) is 0 Å². The fourth-order valence-corrected chi connectivity index (χ4v) is 1.85. The SMILES string of the molecule is FC(F)n1ccnc1CNCc1cncs1. The highest BCUT2D eigenvalue weighted by Crippen LogP contribution is 2.12. The monoisotopic (exact) mass is 244 g/mol. The quantitative estimate of drug-likeness (QED) is 0.875. The van der Waals surface area contributed by atoms with Crippen molar-refractivity contribution in [2.24, 2.45) is 0 Å². The van der Waals surface area contributed by atoms with Gasteiger partial charge in [0.2, 0.25) is 0 Å². The summed E-state index contributed by atoms with van der Waals surface area (Å²) in [5.41, 5.74) is 1.73. The molecule has 86 valence electrons. The third kappa shape index (κ3) is 2.61. The second kappa shape index (κ2) is 5.13. The average Bonchev–Trinajstić information content (AvgIpc) is 2.87. The Hall–Kier alpha value is -1.34. The largest absolute Gasteiger partial charge is 0.319 e. The summed E-state index contributed by atoms with van der Waals surface area (Å²) >= 11 is 1.52. The number of nitrogens with zero attached hydrogens (tertiary/aromatic N) is 3. The van der Waals surface area contributed by atoms with Crippen molar-refractivity contribution in [3.8, 4) is 0 Å². The number of halogens is 2. The van der Waals surface area contributed by atoms with Crippen LogP contribution in [0.2, 0.25) is 0 Å². The first-order valence-electron chi connectivity index (χ1n) is 4.65. The first-order valence-corrected chi connectivity index (χ1v) is 5.53. The Morgan fingerprint density at radius 3 is 3.00 bits per heavy atom. The molecule has 0 fully saturated rings. The van der Waals surface area contributed by atoms with Crippen LogP contribution in [0.1, 0.15) is 17.3 Å². The maximum atomic E-state index is 12.4. The van der Waals surface area contributed by atoms with Gasteiger partial charge >= 0.3 is 6.55 Å². The van der Waals surface area contributed by atoms with Crippen LogP contribution in [0.4, 0.5) is 8.78 Å². The maximum Gasteiger partial charge on any atom is 0.319 e. The van der Waals surface area contributed by atoms with Crippen molar-refractivity contribution < 1.29 is 8.78 Å². The zero-order chi connectivity index (χ0) is 11.4. The number of hydrogen-bond donors (Lipinski definition) is 1. The van der Waals surface area contributed by atoms with Gasteiger partial charge in [-0.3, -0.25) is 9.55 Å². The van der Waals surface area contributed by atoms with E-state index in [0.717, 1.165) is 9.44 Å². The number of thiazole rings is 1. The highest BCUT2D eigenvalue weighted by Gasteiger charge is 2.10. The zero-order valence-corrected chi connectivity index (χ0v) is 9.12. The highest BCUT2D eigenvalue weighted by atomic mass is 32.1. The molecule has 0 aromatic carbocycles. The molecule has 0 unspecified atom stereocenters. The Kier molecular flexibility index (Phi) is 3.58. The number of imidazole rings is 1. The van der Waals surface area contributed by atoms with Gasteiger partial charge in [0.1, 0.15) is 5.82 Å². The second-order valence-electron chi connectivity index (χ2n) is 3.10. The van der Waals surface area contributed by atoms with Gasteiger partial charge in [0, 0.05) is 30.0 Å². The molecule has 1 N–H and O–H groups in total. The molecule has 7 heteroatoms. The molecule has 0 spiro atoms. The van der Waals surface area contributed by atoms with Crippen molar-refractivity contribution in [3.05, 3.63) is 34.8 Å². The van der Waals surface area contributed by atoms with Gasteiger partial charge in [-0.1, -0.05) is 0 Å². The predicted molar refractivity (Wildman–Crippen MR) is 56.1 cm³/mol. The standard InChI is InChI=1S/C9H10F2N4S/c10-9(11)15-2-1-14-8(15)5-12-3-7-4-13-6-16-7/h1-2,4,6,9,12H,3,5H2. The van der Waals surface area contributed by atoms with Gasteiger partial charge in [0.25, 0.3) is 0 Å². The van der Waals surface area contributed by atoms with Crippen molar-refractivity contribution in [3.63, 3.8) is 0 Å². The smallest absolute Gasteiger partial charge is 0.305 e. The van der Waals surface area contributed by atoms with Crippen molar-refractivity contribution in [1.29, 1.82) is 0 Å². The van der Waals surface area contributed by atoms with Crippen LogP contribution < -0.4 is 5.32 Å². The Balaban J connectivity index is 1.87. The summed E-state index contributed by atoms with van der Waals surface area (Å²) in [5, 5.41) is 3.04. The lowest BCUT2D eigenvalue weighted by Crippen LogP contribution is -2.16. The molecule has 0 aliphatic rings. The number of hydrogen-bond acceptors (Lipinski definition) is 4. The molecule has 2 aromatic heterocycles. The minimum atomic E-state index is -2.54. The Bertz CT molecular complexity index is 426. The Morgan fingerprint density at radius 1 is 1.44 bits per heavy atom. The molecule has 0 radical (unpaired) electrons. The van der Waals surface area contributed by atoms with E-state index >= 15 is 0 Å². The van der Waals surface area contributed by atoms with E-state index in [1.54, 1.807) is 11.7 Å². The van der Waals surface area contributed by atoms with Crippen LogP contribution in [0, 0.1) is 0 Å². The van der Waals surface area contributed by atoms with E-state index in [4.69, 9.17) is 0 Å². The lowest BCUT2D eigenvalue weighted by molar-refractivity contribution is 0.0666. The number of alkyl halides is 2. The summed E-state index contributed by atoms with van der Waals surface area (Å²) < 4.78 is 25.7. The fraction of sp³-hybridized carbons (Fsp3) is 0.333. The molecule has 2 heterocycles. The van der Waals surface area contributed by atoms with Crippen LogP contribution in [0.15, 0.2) is 24.1 Å². The zero-order valence-electron chi connectivity index (χ0n) is 8.31. The maximum absolute atomic E-state index is 12.4. The number of aromatic nitrogens is 3. The van der Waals surface area contributed by atoms with E-state index in [1.807, 2.05) is 0 Å². The van der Waals surface area contributed by atoms with Gasteiger partial charge in [0.05, 0.1) is 12.1 Å². The van der Waals surface area contributed by atoms with E-state index in [1.165, 1.54) is 23.7 Å². The number of rotatable bonds is 5. The van der Waals surface area contributed by atoms with Crippen LogP contribution in [-0.4, -0.2) is 14.5 Å². The molecule has 0 saturated heterocycles. The topological polar surface area (TPSA) is 42.7 Å². The van der Waals surface area contributed by atoms with Crippen molar-refractivity contribution in [1.82, 2.24) is 19.9 Å². The van der Waals surface area contributed by atoms with E-state index in [2.05, 4.69) is 15.3 Å². The van der Waals surface area contributed by atoms with Gasteiger partial charge in [-0.2, -0.15) is 8.78 Å². The first kappa shape index (κ1) is 11.2. The molecular weight excluding hydrogens is 234 g/mol. The molecule has 0 saturated carbocycles. The van der Waals surface area contributed by atoms with Gasteiger partial charge in [0.15, 0.2) is 0 Å². The molecule has 0 amide bonds. The molecule has 4 nitrogen and oxygen atoms in total. The lowest BCUT2D eigenvalue weighted by Gasteiger charge is -2.06. The van der Waals surface area contributed by atoms with Crippen LogP contribution in [0.25, 0.3) is 0 Å². The van der Waals surface area contributed by atoms with Crippen LogP contribution in [-0.2, 0) is 13.1 Å². The summed E-state index contributed by atoms with van der Waals surface area (Å²) in [6.07, 6.45) is 4.39. The van der Waals surface area contributed by atoms with Gasteiger partial charge in [-0.15, -0.1) is 11.3 Å². The molecule has 0 atom stereocenters. The first-order chi connectivity index (χ1) is 7.77. The minimum Gasteiger partial charge on any atom is -0.305 e. The molecule has 2 aromatic rings. The summed E-state index contributed by atoms with van der Waals surface area (Å²) in [5.74, 6) is 0.333. The van der Waals surface area contributed by atoms with Gasteiger partial charge in [-0.05, 0) is 0 Å². The average molecular weight is 244 g/mol. The third-order valence-corrected chi connectivity index (χ3v) is 2.80. The summed E-state index contributed by atoms with van der Waals surface area (Å²) in [6, 6.07) is 0. The van der Waals surface area contributed by atoms with Crippen molar-refractivity contribution in [2.45, 2.75) is 19.6 Å². The predicted octanol–water partition coefficient (Wildman–Crippen LogP) is 2.02. The normalized spacial score (nSPS) is 11.2. The van der Waals surface area contributed by atoms with Crippen LogP contribution in [0.3, 0.4) is 0 Å². The lowest BCUT2D eigenvalue weighted by atomic mass is 10.5. The second-order valence-corrected chi connectivity index (χ2v) is 4.07. The van der Waals surface area contributed by atoms with Crippen molar-refractivity contribution >= 4 is 11.3 Å². The van der Waals surface area contributed by atoms with E-state index in [9.17, 15) is 8.78 Å². The summed E-state index contributed by atoms with van der Waals surface area (Å²) in [7, 11) is 0. The molecule has 16 heavy (non-hydrogen) atoms. The van der Waals surface area contributed by atoms with Crippen molar-refractivity contribution in [2.75, 3.05) is 0 Å². The Labute approximate surface area is 95.0 Å². The van der Waals surface area contributed by atoms with E-state index < -0.39 is 6.55 Å². The summed E-state index contributed by atoms with van der Waals surface area (Å²) in [6.45, 7) is -1.61. The molecule has 0 bridgehead atoms. The number of nitrogens with one attached hydrogen (secondary N) is 1. The molecule has 0 aliphatic carbocycles. The highest BCUT2D eigenvalue weighted by molar-refractivity contribution is 7.09. The fourth-order valence-electron chi connectivity index (χ4n) is 1.29. The summed E-state index contributed by atoms with van der Waals surface area (Å²) in [4.78, 5) is 8.85. The van der Waals surface area contributed by atoms with Gasteiger partial charge in [-0.25, -0.2) is 4.98 Å². The van der Waals surface area contributed by atoms with E-state index in [0.29, 0.717) is 18.9 Å². The minimum absolute atomic E-state index is 0.315. The molecule has 2 rings (SSSR count).